The summed E-state index contributed by atoms with van der Waals surface area (Å²) < 4.78 is 15.7. The number of rotatable bonds is 5. The number of carbonyl (C=O) groups excluding carboxylic acids is 2. The fourth-order valence-corrected chi connectivity index (χ4v) is 2.89. The minimum Gasteiger partial charge on any atom is -0.497 e. The van der Waals surface area contributed by atoms with Gasteiger partial charge in [0.15, 0.2) is 0 Å². The van der Waals surface area contributed by atoms with E-state index in [0.29, 0.717) is 54.6 Å². The number of amides is 2. The molecule has 1 heterocycles. The molecule has 0 spiro atoms. The third-order valence-electron chi connectivity index (χ3n) is 4.36. The normalized spacial score (nSPS) is 13.8. The first-order valence-corrected chi connectivity index (χ1v) is 8.63. The molecular weight excluding hydrogens is 348 g/mol. The van der Waals surface area contributed by atoms with Crippen molar-refractivity contribution in [3.8, 4) is 11.5 Å². The van der Waals surface area contributed by atoms with Crippen LogP contribution in [-0.2, 0) is 4.74 Å². The summed E-state index contributed by atoms with van der Waals surface area (Å²) in [7, 11) is 3.03. The van der Waals surface area contributed by atoms with Crippen molar-refractivity contribution in [3.63, 3.8) is 0 Å². The van der Waals surface area contributed by atoms with Gasteiger partial charge in [-0.25, -0.2) is 0 Å². The first kappa shape index (κ1) is 18.7. The monoisotopic (exact) mass is 370 g/mol. The molecule has 1 aliphatic rings. The molecule has 0 radical (unpaired) electrons. The molecular formula is C20H22N2O5. The van der Waals surface area contributed by atoms with Gasteiger partial charge in [-0.2, -0.15) is 0 Å². The van der Waals surface area contributed by atoms with Crippen LogP contribution in [0.15, 0.2) is 42.5 Å². The van der Waals surface area contributed by atoms with Crippen molar-refractivity contribution >= 4 is 17.5 Å². The lowest BCUT2D eigenvalue weighted by molar-refractivity contribution is 0.0303. The van der Waals surface area contributed by atoms with E-state index in [2.05, 4.69) is 5.32 Å². The number of hydrogen-bond donors (Lipinski definition) is 1. The smallest absolute Gasteiger partial charge is 0.259 e. The van der Waals surface area contributed by atoms with Gasteiger partial charge in [0.25, 0.3) is 11.8 Å². The summed E-state index contributed by atoms with van der Waals surface area (Å²) in [5.74, 6) is 0.489. The highest BCUT2D eigenvalue weighted by Gasteiger charge is 2.22. The second-order valence-electron chi connectivity index (χ2n) is 5.97. The van der Waals surface area contributed by atoms with Crippen molar-refractivity contribution in [2.75, 3.05) is 45.8 Å². The zero-order valence-corrected chi connectivity index (χ0v) is 15.4. The largest absolute Gasteiger partial charge is 0.497 e. The molecule has 1 saturated heterocycles. The Bertz CT molecular complexity index is 831. The lowest BCUT2D eigenvalue weighted by Gasteiger charge is -2.27. The summed E-state index contributed by atoms with van der Waals surface area (Å²) in [6.45, 7) is 2.10. The van der Waals surface area contributed by atoms with E-state index in [1.807, 2.05) is 0 Å². The summed E-state index contributed by atoms with van der Waals surface area (Å²) in [5, 5.41) is 2.82. The molecule has 1 aliphatic heterocycles. The van der Waals surface area contributed by atoms with E-state index in [1.165, 1.54) is 7.11 Å². The van der Waals surface area contributed by atoms with Gasteiger partial charge in [-0.1, -0.05) is 12.1 Å². The van der Waals surface area contributed by atoms with Gasteiger partial charge in [-0.3, -0.25) is 9.59 Å². The number of para-hydroxylation sites is 1. The third kappa shape index (κ3) is 4.20. The van der Waals surface area contributed by atoms with E-state index in [1.54, 1.807) is 54.5 Å². The number of nitrogens with one attached hydrogen (secondary N) is 1. The van der Waals surface area contributed by atoms with Crippen LogP contribution in [-0.4, -0.2) is 57.2 Å². The zero-order valence-electron chi connectivity index (χ0n) is 15.4. The van der Waals surface area contributed by atoms with Crippen molar-refractivity contribution in [3.05, 3.63) is 53.6 Å². The second kappa shape index (κ2) is 8.55. The standard InChI is InChI=1S/C20H22N2O5/c1-25-14-7-8-16(18(13-14)26-2)19(23)21-17-6-4-3-5-15(17)20(24)22-9-11-27-12-10-22/h3-8,13H,9-12H2,1-2H3,(H,21,23). The molecule has 142 valence electrons. The van der Waals surface area contributed by atoms with E-state index >= 15 is 0 Å². The van der Waals surface area contributed by atoms with Crippen LogP contribution >= 0.6 is 0 Å². The number of hydrogen-bond acceptors (Lipinski definition) is 5. The number of anilines is 1. The zero-order chi connectivity index (χ0) is 19.2. The molecule has 0 aliphatic carbocycles. The van der Waals surface area contributed by atoms with Crippen LogP contribution in [0.1, 0.15) is 20.7 Å². The van der Waals surface area contributed by atoms with Crippen LogP contribution in [0.5, 0.6) is 11.5 Å². The summed E-state index contributed by atoms with van der Waals surface area (Å²) in [4.78, 5) is 27.3. The first-order valence-electron chi connectivity index (χ1n) is 8.63. The van der Waals surface area contributed by atoms with Crippen molar-refractivity contribution in [1.82, 2.24) is 4.90 Å². The third-order valence-corrected chi connectivity index (χ3v) is 4.36. The number of ether oxygens (including phenoxy) is 3. The highest BCUT2D eigenvalue weighted by molar-refractivity contribution is 6.10. The van der Waals surface area contributed by atoms with Gasteiger partial charge in [0.1, 0.15) is 11.5 Å². The Morgan fingerprint density at radius 1 is 1.00 bits per heavy atom. The summed E-state index contributed by atoms with van der Waals surface area (Å²) in [6.07, 6.45) is 0. The van der Waals surface area contributed by atoms with Crippen LogP contribution in [0.2, 0.25) is 0 Å². The molecule has 0 atom stereocenters. The molecule has 2 aromatic rings. The Labute approximate surface area is 157 Å². The maximum absolute atomic E-state index is 12.8. The number of nitrogens with zero attached hydrogens (tertiary/aromatic N) is 1. The lowest BCUT2D eigenvalue weighted by atomic mass is 10.1. The van der Waals surface area contributed by atoms with Gasteiger partial charge in [0.05, 0.1) is 44.2 Å². The Kier molecular flexibility index (Phi) is 5.93. The van der Waals surface area contributed by atoms with Crippen LogP contribution in [0.3, 0.4) is 0 Å². The Hall–Kier alpha value is -3.06. The van der Waals surface area contributed by atoms with E-state index in [4.69, 9.17) is 14.2 Å². The first-order chi connectivity index (χ1) is 13.1. The van der Waals surface area contributed by atoms with Gasteiger partial charge in [-0.15, -0.1) is 0 Å². The maximum atomic E-state index is 12.8. The molecule has 0 saturated carbocycles. The number of morpholine rings is 1. The minimum atomic E-state index is -0.364. The predicted molar refractivity (Wildman–Crippen MR) is 101 cm³/mol. The number of benzene rings is 2. The van der Waals surface area contributed by atoms with E-state index in [-0.39, 0.29) is 11.8 Å². The fourth-order valence-electron chi connectivity index (χ4n) is 2.89. The Morgan fingerprint density at radius 2 is 1.74 bits per heavy atom. The topological polar surface area (TPSA) is 77.1 Å². The second-order valence-corrected chi connectivity index (χ2v) is 5.97. The lowest BCUT2D eigenvalue weighted by Crippen LogP contribution is -2.41. The van der Waals surface area contributed by atoms with Crippen LogP contribution in [0.4, 0.5) is 5.69 Å². The molecule has 7 nitrogen and oxygen atoms in total. The van der Waals surface area contributed by atoms with Crippen molar-refractivity contribution in [2.24, 2.45) is 0 Å². The summed E-state index contributed by atoms with van der Waals surface area (Å²) >= 11 is 0. The quantitative estimate of drug-likeness (QED) is 0.875. The van der Waals surface area contributed by atoms with Crippen molar-refractivity contribution in [1.29, 1.82) is 0 Å². The predicted octanol–water partition coefficient (Wildman–Crippen LogP) is 2.43. The fraction of sp³-hybridized carbons (Fsp3) is 0.300. The van der Waals surface area contributed by atoms with Crippen molar-refractivity contribution < 1.29 is 23.8 Å². The highest BCUT2D eigenvalue weighted by Crippen LogP contribution is 2.26. The van der Waals surface area contributed by atoms with E-state index in [9.17, 15) is 9.59 Å². The SMILES string of the molecule is COc1ccc(C(=O)Nc2ccccc2C(=O)N2CCOCC2)c(OC)c1. The molecule has 2 amide bonds. The van der Waals surface area contributed by atoms with Crippen LogP contribution in [0, 0.1) is 0 Å². The van der Waals surface area contributed by atoms with Gasteiger partial charge < -0.3 is 24.4 Å². The molecule has 7 heteroatoms. The van der Waals surface area contributed by atoms with E-state index in [0.717, 1.165) is 0 Å². The number of carbonyl (C=O) groups is 2. The van der Waals surface area contributed by atoms with Crippen LogP contribution < -0.4 is 14.8 Å². The molecule has 0 bridgehead atoms. The van der Waals surface area contributed by atoms with Gasteiger partial charge in [0, 0.05) is 19.2 Å². The van der Waals surface area contributed by atoms with Gasteiger partial charge in [-0.05, 0) is 24.3 Å². The van der Waals surface area contributed by atoms with Gasteiger partial charge in [0.2, 0.25) is 0 Å². The van der Waals surface area contributed by atoms with Crippen molar-refractivity contribution in [2.45, 2.75) is 0 Å². The maximum Gasteiger partial charge on any atom is 0.259 e. The van der Waals surface area contributed by atoms with Gasteiger partial charge >= 0.3 is 0 Å². The summed E-state index contributed by atoms with van der Waals surface area (Å²) in [6, 6.07) is 11.9. The molecule has 2 aromatic carbocycles. The average molecular weight is 370 g/mol. The minimum absolute atomic E-state index is 0.129. The molecule has 0 unspecified atom stereocenters. The van der Waals surface area contributed by atoms with Crippen LogP contribution in [0.25, 0.3) is 0 Å². The highest BCUT2D eigenvalue weighted by atomic mass is 16.5. The molecule has 0 aromatic heterocycles. The van der Waals surface area contributed by atoms with E-state index < -0.39 is 0 Å². The summed E-state index contributed by atoms with van der Waals surface area (Å²) in [5.41, 5.74) is 1.25. The molecule has 27 heavy (non-hydrogen) atoms. The average Bonchev–Trinajstić information content (AvgIpc) is 2.73. The number of methoxy groups -OCH3 is 2. The Morgan fingerprint density at radius 3 is 2.44 bits per heavy atom. The Balaban J connectivity index is 1.84. The molecule has 3 rings (SSSR count). The molecule has 1 N–H and O–H groups in total. The molecule has 1 fully saturated rings.